The highest BCUT2D eigenvalue weighted by atomic mass is 79.9. The van der Waals surface area contributed by atoms with Crippen LogP contribution in [0.3, 0.4) is 0 Å². The highest BCUT2D eigenvalue weighted by Gasteiger charge is 2.48. The van der Waals surface area contributed by atoms with Crippen LogP contribution in [-0.4, -0.2) is 23.4 Å². The lowest BCUT2D eigenvalue weighted by Crippen LogP contribution is -2.29. The molecular weight excluding hydrogens is 498 g/mol. The van der Waals surface area contributed by atoms with Crippen LogP contribution in [0.1, 0.15) is 42.5 Å². The van der Waals surface area contributed by atoms with Gasteiger partial charge in [0.15, 0.2) is 0 Å². The molecule has 1 aliphatic heterocycles. The Hall–Kier alpha value is -3.32. The van der Waals surface area contributed by atoms with Crippen LogP contribution >= 0.6 is 15.9 Å². The monoisotopic (exact) mass is 523 g/mol. The molecular formula is C27H26BrNO5. The molecule has 0 spiro atoms. The Labute approximate surface area is 207 Å². The van der Waals surface area contributed by atoms with Crippen molar-refractivity contribution in [1.82, 2.24) is 0 Å². The fraction of sp³-hybridized carbons (Fsp3) is 0.259. The average Bonchev–Trinajstić information content (AvgIpc) is 3.33. The number of carbonyl (C=O) groups excluding carboxylic acids is 2. The number of hydrogen-bond donors (Lipinski definition) is 1. The molecule has 1 amide bonds. The molecule has 2 heterocycles. The molecule has 6 nitrogen and oxygen atoms in total. The normalized spacial score (nSPS) is 17.6. The fourth-order valence-electron chi connectivity index (χ4n) is 3.96. The molecule has 2 aromatic carbocycles. The minimum absolute atomic E-state index is 0.0189. The van der Waals surface area contributed by atoms with Gasteiger partial charge in [0.25, 0.3) is 11.7 Å². The van der Waals surface area contributed by atoms with Crippen LogP contribution in [0, 0.1) is 19.8 Å². The Kier molecular flexibility index (Phi) is 6.66. The molecule has 1 unspecified atom stereocenters. The third-order valence-corrected chi connectivity index (χ3v) is 6.08. The first-order chi connectivity index (χ1) is 16.2. The summed E-state index contributed by atoms with van der Waals surface area (Å²) < 4.78 is 12.4. The summed E-state index contributed by atoms with van der Waals surface area (Å²) in [5, 5.41) is 11.3. The molecule has 34 heavy (non-hydrogen) atoms. The smallest absolute Gasteiger partial charge is 0.300 e. The lowest BCUT2D eigenvalue weighted by Gasteiger charge is -2.23. The maximum absolute atomic E-state index is 13.2. The third-order valence-electron chi connectivity index (χ3n) is 5.58. The molecule has 7 heteroatoms. The summed E-state index contributed by atoms with van der Waals surface area (Å²) in [5.74, 6) is 0.357. The van der Waals surface area contributed by atoms with Gasteiger partial charge in [0.1, 0.15) is 29.1 Å². The topological polar surface area (TPSA) is 80.0 Å². The second kappa shape index (κ2) is 9.50. The molecule has 1 atom stereocenters. The molecule has 0 saturated carbocycles. The number of benzene rings is 2. The van der Waals surface area contributed by atoms with E-state index in [1.807, 2.05) is 13.0 Å². The molecule has 0 aliphatic carbocycles. The average molecular weight is 524 g/mol. The van der Waals surface area contributed by atoms with Gasteiger partial charge in [-0.25, -0.2) is 0 Å². The van der Waals surface area contributed by atoms with Crippen molar-refractivity contribution >= 4 is 39.1 Å². The Bertz CT molecular complexity index is 1290. The van der Waals surface area contributed by atoms with Crippen LogP contribution in [0.2, 0.25) is 0 Å². The number of aryl methyl sites for hydroxylation is 2. The molecule has 1 aromatic heterocycles. The number of carbonyl (C=O) groups is 2. The zero-order valence-corrected chi connectivity index (χ0v) is 21.0. The summed E-state index contributed by atoms with van der Waals surface area (Å²) in [5.41, 5.74) is 1.74. The SMILES string of the molecule is Cc1ccc(C2/C(=C(/O)c3ccc(OCC(C)C)c(C)c3)C(=O)C(=O)N2c2cccc(Br)c2)o1. The number of ether oxygens (including phenoxy) is 1. The van der Waals surface area contributed by atoms with Gasteiger partial charge in [-0.15, -0.1) is 0 Å². The van der Waals surface area contributed by atoms with E-state index >= 15 is 0 Å². The minimum atomic E-state index is -0.903. The molecule has 1 N–H and O–H groups in total. The van der Waals surface area contributed by atoms with E-state index in [-0.39, 0.29) is 11.3 Å². The summed E-state index contributed by atoms with van der Waals surface area (Å²) >= 11 is 3.42. The van der Waals surface area contributed by atoms with Crippen molar-refractivity contribution in [3.8, 4) is 5.75 Å². The van der Waals surface area contributed by atoms with Gasteiger partial charge in [-0.1, -0.05) is 35.8 Å². The van der Waals surface area contributed by atoms with Crippen molar-refractivity contribution in [2.24, 2.45) is 5.92 Å². The van der Waals surface area contributed by atoms with Gasteiger partial charge in [-0.2, -0.15) is 0 Å². The molecule has 1 fully saturated rings. The number of aliphatic hydroxyl groups is 1. The Morgan fingerprint density at radius 1 is 1.12 bits per heavy atom. The Balaban J connectivity index is 1.83. The summed E-state index contributed by atoms with van der Waals surface area (Å²) in [6.07, 6.45) is 0. The van der Waals surface area contributed by atoms with Crippen LogP contribution < -0.4 is 9.64 Å². The van der Waals surface area contributed by atoms with E-state index in [0.29, 0.717) is 41.0 Å². The molecule has 0 radical (unpaired) electrons. The van der Waals surface area contributed by atoms with Crippen LogP contribution in [0.5, 0.6) is 5.75 Å². The van der Waals surface area contributed by atoms with E-state index in [2.05, 4.69) is 29.8 Å². The predicted molar refractivity (Wildman–Crippen MR) is 134 cm³/mol. The first-order valence-corrected chi connectivity index (χ1v) is 11.8. The van der Waals surface area contributed by atoms with Gasteiger partial charge in [-0.3, -0.25) is 14.5 Å². The van der Waals surface area contributed by atoms with Gasteiger partial charge in [0.05, 0.1) is 12.2 Å². The number of hydrogen-bond acceptors (Lipinski definition) is 5. The number of Topliss-reactive ketones (excluding diaryl/α,β-unsaturated/α-hetero) is 1. The molecule has 1 aliphatic rings. The van der Waals surface area contributed by atoms with E-state index in [4.69, 9.17) is 9.15 Å². The zero-order chi connectivity index (χ0) is 24.6. The van der Waals surface area contributed by atoms with Crippen LogP contribution in [0.15, 0.2) is 69.1 Å². The maximum atomic E-state index is 13.2. The van der Waals surface area contributed by atoms with Gasteiger partial charge in [-0.05, 0) is 73.9 Å². The fourth-order valence-corrected chi connectivity index (χ4v) is 4.35. The Morgan fingerprint density at radius 2 is 1.88 bits per heavy atom. The minimum Gasteiger partial charge on any atom is -0.507 e. The quantitative estimate of drug-likeness (QED) is 0.232. The van der Waals surface area contributed by atoms with Gasteiger partial charge in [0, 0.05) is 15.7 Å². The van der Waals surface area contributed by atoms with Crippen LogP contribution in [0.25, 0.3) is 5.76 Å². The van der Waals surface area contributed by atoms with Crippen molar-refractivity contribution in [2.45, 2.75) is 33.7 Å². The molecule has 4 rings (SSSR count). The van der Waals surface area contributed by atoms with E-state index in [1.165, 1.54) is 4.90 Å². The molecule has 0 bridgehead atoms. The highest BCUT2D eigenvalue weighted by molar-refractivity contribution is 9.10. The summed E-state index contributed by atoms with van der Waals surface area (Å²) in [7, 11) is 0. The number of halogens is 1. The largest absolute Gasteiger partial charge is 0.507 e. The van der Waals surface area contributed by atoms with Crippen LogP contribution in [-0.2, 0) is 9.59 Å². The second-order valence-electron chi connectivity index (χ2n) is 8.78. The zero-order valence-electron chi connectivity index (χ0n) is 19.5. The van der Waals surface area contributed by atoms with Crippen molar-refractivity contribution in [3.63, 3.8) is 0 Å². The predicted octanol–water partition coefficient (Wildman–Crippen LogP) is 6.32. The summed E-state index contributed by atoms with van der Waals surface area (Å²) in [6.45, 7) is 8.36. The van der Waals surface area contributed by atoms with Crippen LogP contribution in [0.4, 0.5) is 5.69 Å². The number of amides is 1. The van der Waals surface area contributed by atoms with E-state index < -0.39 is 17.7 Å². The van der Waals surface area contributed by atoms with Gasteiger partial charge < -0.3 is 14.3 Å². The van der Waals surface area contributed by atoms with Gasteiger partial charge in [0.2, 0.25) is 0 Å². The highest BCUT2D eigenvalue weighted by Crippen LogP contribution is 2.43. The van der Waals surface area contributed by atoms with Crippen molar-refractivity contribution in [1.29, 1.82) is 0 Å². The summed E-state index contributed by atoms with van der Waals surface area (Å²) in [4.78, 5) is 27.8. The second-order valence-corrected chi connectivity index (χ2v) is 9.70. The van der Waals surface area contributed by atoms with E-state index in [9.17, 15) is 14.7 Å². The Morgan fingerprint density at radius 3 is 2.50 bits per heavy atom. The molecule has 1 saturated heterocycles. The number of nitrogens with zero attached hydrogens (tertiary/aromatic N) is 1. The molecule has 3 aromatic rings. The number of rotatable bonds is 6. The molecule has 176 valence electrons. The van der Waals surface area contributed by atoms with E-state index in [1.54, 1.807) is 55.5 Å². The van der Waals surface area contributed by atoms with E-state index in [0.717, 1.165) is 10.0 Å². The van der Waals surface area contributed by atoms with Gasteiger partial charge >= 0.3 is 0 Å². The number of furan rings is 1. The lowest BCUT2D eigenvalue weighted by molar-refractivity contribution is -0.132. The first-order valence-electron chi connectivity index (χ1n) is 11.0. The first kappa shape index (κ1) is 23.8. The van der Waals surface area contributed by atoms with Crippen molar-refractivity contribution in [2.75, 3.05) is 11.5 Å². The maximum Gasteiger partial charge on any atom is 0.300 e. The number of anilines is 1. The number of aliphatic hydroxyl groups excluding tert-OH is 1. The third kappa shape index (κ3) is 4.53. The van der Waals surface area contributed by atoms with Crippen molar-refractivity contribution < 1.29 is 23.8 Å². The van der Waals surface area contributed by atoms with Crippen molar-refractivity contribution in [3.05, 3.63) is 87.3 Å². The number of ketones is 1. The standard InChI is InChI=1S/C27H26BrNO5/c1-15(2)14-33-21-11-9-18(12-16(21)3)25(30)23-24(22-10-8-17(4)34-22)29(27(32)26(23)31)20-7-5-6-19(28)13-20/h5-13,15,24,30H,14H2,1-4H3/b25-23-. The summed E-state index contributed by atoms with van der Waals surface area (Å²) in [6, 6.07) is 14.9. The lowest BCUT2D eigenvalue weighted by atomic mass is 9.98.